The molecular weight excluding hydrogens is 586 g/mol. The van der Waals surface area contributed by atoms with Gasteiger partial charge < -0.3 is 19.5 Å². The summed E-state index contributed by atoms with van der Waals surface area (Å²) in [5.41, 5.74) is 1.11. The predicted molar refractivity (Wildman–Crippen MR) is 166 cm³/mol. The first-order valence-corrected chi connectivity index (χ1v) is 13.7. The van der Waals surface area contributed by atoms with Gasteiger partial charge in [-0.15, -0.1) is 0 Å². The maximum Gasteiger partial charge on any atom is 0.343 e. The van der Waals surface area contributed by atoms with Crippen molar-refractivity contribution in [2.24, 2.45) is 0 Å². The van der Waals surface area contributed by atoms with Gasteiger partial charge in [0.2, 0.25) is 0 Å². The fourth-order valence-corrected chi connectivity index (χ4v) is 4.81. The van der Waals surface area contributed by atoms with E-state index in [4.69, 9.17) is 25.8 Å². The molecule has 0 saturated carbocycles. The molecule has 4 aromatic rings. The van der Waals surface area contributed by atoms with Crippen LogP contribution in [0.15, 0.2) is 103 Å². The second-order valence-electron chi connectivity index (χ2n) is 9.36. The Hall–Kier alpha value is -5.61. The SMILES string of the molecule is COc1ccccc1NC(=O)COc1c(Cl)cc(C=C2C(=O)N(c3ccccc3)C(=O)N(c3ccccc3)C2=O)cc1OC. The fourth-order valence-electron chi connectivity index (χ4n) is 4.54. The van der Waals surface area contributed by atoms with E-state index in [0.717, 1.165) is 9.80 Å². The van der Waals surface area contributed by atoms with Gasteiger partial charge in [-0.05, 0) is 60.2 Å². The van der Waals surface area contributed by atoms with Gasteiger partial charge in [0.15, 0.2) is 18.1 Å². The standard InChI is InChI=1S/C33H26ClN3O7/c1-42-27-16-10-9-15-26(27)35-29(38)20-44-30-25(34)18-21(19-28(30)43-2)17-24-31(39)36(22-11-5-3-6-12-22)33(41)37(32(24)40)23-13-7-4-8-14-23/h3-19H,20H2,1-2H3,(H,35,38). The molecule has 0 spiro atoms. The van der Waals surface area contributed by atoms with Crippen molar-refractivity contribution in [3.8, 4) is 17.2 Å². The summed E-state index contributed by atoms with van der Waals surface area (Å²) in [5, 5.41) is 2.77. The lowest BCUT2D eigenvalue weighted by Gasteiger charge is -2.34. The van der Waals surface area contributed by atoms with E-state index in [1.165, 1.54) is 32.4 Å². The Balaban J connectivity index is 1.45. The van der Waals surface area contributed by atoms with Crippen LogP contribution in [0.1, 0.15) is 5.56 Å². The molecule has 1 heterocycles. The summed E-state index contributed by atoms with van der Waals surface area (Å²) in [6, 6.07) is 25.7. The van der Waals surface area contributed by atoms with E-state index in [0.29, 0.717) is 28.4 Å². The van der Waals surface area contributed by atoms with Crippen LogP contribution in [0.3, 0.4) is 0 Å². The van der Waals surface area contributed by atoms with Gasteiger partial charge in [-0.2, -0.15) is 0 Å². The molecule has 5 rings (SSSR count). The highest BCUT2D eigenvalue weighted by atomic mass is 35.5. The number of amides is 5. The number of hydrogen-bond acceptors (Lipinski definition) is 7. The van der Waals surface area contributed by atoms with Gasteiger partial charge >= 0.3 is 6.03 Å². The van der Waals surface area contributed by atoms with Crippen molar-refractivity contribution in [1.29, 1.82) is 0 Å². The maximum absolute atomic E-state index is 13.7. The maximum atomic E-state index is 13.7. The number of anilines is 3. The molecule has 1 aliphatic heterocycles. The lowest BCUT2D eigenvalue weighted by Crippen LogP contribution is -2.57. The van der Waals surface area contributed by atoms with Gasteiger partial charge in [-0.1, -0.05) is 60.1 Å². The number of nitrogens with one attached hydrogen (secondary N) is 1. The van der Waals surface area contributed by atoms with Gasteiger partial charge in [-0.3, -0.25) is 14.4 Å². The molecule has 0 radical (unpaired) electrons. The third-order valence-corrected chi connectivity index (χ3v) is 6.85. The number of nitrogens with zero attached hydrogens (tertiary/aromatic N) is 2. The summed E-state index contributed by atoms with van der Waals surface area (Å²) in [6.45, 7) is -0.397. The number of benzene rings is 4. The number of imide groups is 2. The molecule has 222 valence electrons. The molecule has 1 N–H and O–H groups in total. The first kappa shape index (κ1) is 29.9. The Morgan fingerprint density at radius 1 is 0.773 bits per heavy atom. The summed E-state index contributed by atoms with van der Waals surface area (Å²) in [5.74, 6) is -1.35. The monoisotopic (exact) mass is 611 g/mol. The number of hydrogen-bond donors (Lipinski definition) is 1. The smallest absolute Gasteiger partial charge is 0.343 e. The van der Waals surface area contributed by atoms with Gasteiger partial charge in [0.05, 0.1) is 36.3 Å². The van der Waals surface area contributed by atoms with Crippen molar-refractivity contribution in [3.63, 3.8) is 0 Å². The van der Waals surface area contributed by atoms with E-state index in [1.54, 1.807) is 84.9 Å². The molecule has 0 aliphatic carbocycles. The summed E-state index contributed by atoms with van der Waals surface area (Å²) in [4.78, 5) is 55.3. The third-order valence-electron chi connectivity index (χ3n) is 6.57. The van der Waals surface area contributed by atoms with Crippen LogP contribution in [0.25, 0.3) is 6.08 Å². The van der Waals surface area contributed by atoms with Crippen LogP contribution < -0.4 is 29.3 Å². The number of carbonyl (C=O) groups is 4. The molecular formula is C33H26ClN3O7. The van der Waals surface area contributed by atoms with E-state index in [-0.39, 0.29) is 22.1 Å². The minimum atomic E-state index is -0.805. The molecule has 1 aliphatic rings. The van der Waals surface area contributed by atoms with Crippen molar-refractivity contribution in [1.82, 2.24) is 0 Å². The zero-order valence-corrected chi connectivity index (χ0v) is 24.4. The van der Waals surface area contributed by atoms with E-state index in [2.05, 4.69) is 5.32 Å². The number of methoxy groups -OCH3 is 2. The molecule has 0 aromatic heterocycles. The molecule has 4 aromatic carbocycles. The number of halogens is 1. The Bertz CT molecular complexity index is 1700. The molecule has 44 heavy (non-hydrogen) atoms. The van der Waals surface area contributed by atoms with Gasteiger partial charge in [-0.25, -0.2) is 14.6 Å². The van der Waals surface area contributed by atoms with E-state index < -0.39 is 30.4 Å². The Labute approximate surface area is 258 Å². The van der Waals surface area contributed by atoms with Crippen LogP contribution in [0.4, 0.5) is 21.9 Å². The van der Waals surface area contributed by atoms with Crippen LogP contribution in [0, 0.1) is 0 Å². The number of para-hydroxylation sites is 4. The first-order chi connectivity index (χ1) is 21.3. The molecule has 0 bridgehead atoms. The summed E-state index contributed by atoms with van der Waals surface area (Å²) in [6.07, 6.45) is 1.33. The lowest BCUT2D eigenvalue weighted by molar-refractivity contribution is -0.121. The zero-order chi connectivity index (χ0) is 31.2. The second kappa shape index (κ2) is 13.1. The molecule has 0 unspecified atom stereocenters. The van der Waals surface area contributed by atoms with Crippen molar-refractivity contribution in [2.75, 3.05) is 35.9 Å². The summed E-state index contributed by atoms with van der Waals surface area (Å²) < 4.78 is 16.4. The topological polar surface area (TPSA) is 114 Å². The Morgan fingerprint density at radius 3 is 1.89 bits per heavy atom. The van der Waals surface area contributed by atoms with Crippen molar-refractivity contribution in [3.05, 3.63) is 113 Å². The lowest BCUT2D eigenvalue weighted by atomic mass is 10.0. The van der Waals surface area contributed by atoms with Crippen LogP contribution in [0.2, 0.25) is 5.02 Å². The highest BCUT2D eigenvalue weighted by Gasteiger charge is 2.43. The number of barbiturate groups is 1. The van der Waals surface area contributed by atoms with Crippen molar-refractivity contribution in [2.45, 2.75) is 0 Å². The summed E-state index contributed by atoms with van der Waals surface area (Å²) >= 11 is 6.54. The second-order valence-corrected chi connectivity index (χ2v) is 9.77. The number of ether oxygens (including phenoxy) is 3. The van der Waals surface area contributed by atoms with E-state index in [9.17, 15) is 19.2 Å². The van der Waals surface area contributed by atoms with Crippen LogP contribution in [-0.2, 0) is 14.4 Å². The van der Waals surface area contributed by atoms with E-state index >= 15 is 0 Å². The van der Waals surface area contributed by atoms with Crippen molar-refractivity contribution < 1.29 is 33.4 Å². The van der Waals surface area contributed by atoms with Gasteiger partial charge in [0.25, 0.3) is 17.7 Å². The minimum absolute atomic E-state index is 0.0629. The number of carbonyl (C=O) groups excluding carboxylic acids is 4. The van der Waals surface area contributed by atoms with E-state index in [1.807, 2.05) is 0 Å². The molecule has 10 nitrogen and oxygen atoms in total. The largest absolute Gasteiger partial charge is 0.495 e. The molecule has 5 amide bonds. The van der Waals surface area contributed by atoms with Gasteiger partial charge in [0.1, 0.15) is 11.3 Å². The summed E-state index contributed by atoms with van der Waals surface area (Å²) in [7, 11) is 2.88. The minimum Gasteiger partial charge on any atom is -0.495 e. The Morgan fingerprint density at radius 2 is 1.32 bits per heavy atom. The van der Waals surface area contributed by atoms with Crippen molar-refractivity contribution >= 4 is 58.5 Å². The quantitative estimate of drug-likeness (QED) is 0.183. The van der Waals surface area contributed by atoms with Gasteiger partial charge in [0, 0.05) is 0 Å². The van der Waals surface area contributed by atoms with Crippen LogP contribution in [0.5, 0.6) is 17.2 Å². The normalized spacial score (nSPS) is 13.1. The Kier molecular flexibility index (Phi) is 8.92. The number of rotatable bonds is 9. The average Bonchev–Trinajstić information content (AvgIpc) is 3.03. The van der Waals surface area contributed by atoms with Crippen LogP contribution >= 0.6 is 11.6 Å². The highest BCUT2D eigenvalue weighted by molar-refractivity contribution is 6.46. The molecule has 11 heteroatoms. The predicted octanol–water partition coefficient (Wildman–Crippen LogP) is 5.96. The number of urea groups is 1. The zero-order valence-electron chi connectivity index (χ0n) is 23.7. The molecule has 1 fully saturated rings. The fraction of sp³-hybridized carbons (Fsp3) is 0.0909. The average molecular weight is 612 g/mol. The van der Waals surface area contributed by atoms with Crippen LogP contribution in [-0.4, -0.2) is 44.6 Å². The first-order valence-electron chi connectivity index (χ1n) is 13.3. The molecule has 0 atom stereocenters. The third kappa shape index (κ3) is 6.11. The molecule has 1 saturated heterocycles. The highest BCUT2D eigenvalue weighted by Crippen LogP contribution is 2.38.